The van der Waals surface area contributed by atoms with Crippen LogP contribution in [0.2, 0.25) is 0 Å². The highest BCUT2D eigenvalue weighted by atomic mass is 16.4. The van der Waals surface area contributed by atoms with Crippen molar-refractivity contribution in [3.63, 3.8) is 0 Å². The third-order valence-electron chi connectivity index (χ3n) is 2.03. The maximum Gasteiger partial charge on any atom is 0.220 e. The van der Waals surface area contributed by atoms with E-state index in [-0.39, 0.29) is 11.4 Å². The fourth-order valence-corrected chi connectivity index (χ4v) is 1.43. The summed E-state index contributed by atoms with van der Waals surface area (Å²) in [5.74, 6) is -1.37. The average Bonchev–Trinajstić information content (AvgIpc) is 2.58. The Morgan fingerprint density at radius 1 is 1.47 bits per heavy atom. The molecule has 2 aromatic rings. The van der Waals surface area contributed by atoms with E-state index in [0.29, 0.717) is 10.9 Å². The lowest BCUT2D eigenvalue weighted by molar-refractivity contribution is -0.255. The second kappa shape index (κ2) is 3.36. The number of carbonyl (C=O) groups is 1. The zero-order valence-corrected chi connectivity index (χ0v) is 7.52. The second-order valence-electron chi connectivity index (χ2n) is 2.88. The molecule has 1 aromatic heterocycles. The number of aromatic carboxylic acids is 1. The van der Waals surface area contributed by atoms with Gasteiger partial charge in [-0.25, -0.2) is 0 Å². The number of nitrogens with zero attached hydrogens (tertiary/aromatic N) is 2. The van der Waals surface area contributed by atoms with Gasteiger partial charge in [-0.15, -0.1) is 0 Å². The van der Waals surface area contributed by atoms with E-state index in [1.54, 1.807) is 24.3 Å². The Balaban J connectivity index is 2.85. The third-order valence-corrected chi connectivity index (χ3v) is 2.03. The number of rotatable bonds is 2. The van der Waals surface area contributed by atoms with Crippen LogP contribution in [-0.2, 0) is 0 Å². The number of carboxylic acids is 1. The van der Waals surface area contributed by atoms with Gasteiger partial charge in [0.25, 0.3) is 0 Å². The van der Waals surface area contributed by atoms with E-state index in [0.717, 1.165) is 0 Å². The van der Waals surface area contributed by atoms with Gasteiger partial charge in [-0.1, -0.05) is 18.2 Å². The summed E-state index contributed by atoms with van der Waals surface area (Å²) in [4.78, 5) is 16.2. The smallest absolute Gasteiger partial charge is 0.220 e. The number of H-pyrrole nitrogens is 1. The molecule has 0 spiro atoms. The zero-order valence-electron chi connectivity index (χ0n) is 7.52. The van der Waals surface area contributed by atoms with Crippen molar-refractivity contribution < 1.29 is 9.90 Å². The molecule has 0 aliphatic rings. The Bertz CT molecular complexity index is 581. The van der Waals surface area contributed by atoms with Crippen LogP contribution in [-0.4, -0.2) is 11.0 Å². The predicted molar refractivity (Wildman–Crippen MR) is 49.6 cm³/mol. The van der Waals surface area contributed by atoms with E-state index in [2.05, 4.69) is 15.0 Å². The molecule has 0 fully saturated rings. The van der Waals surface area contributed by atoms with Crippen LogP contribution in [0.1, 0.15) is 10.5 Å². The highest BCUT2D eigenvalue weighted by Crippen LogP contribution is 2.29. The van der Waals surface area contributed by atoms with Crippen molar-refractivity contribution in [2.24, 2.45) is 5.11 Å². The Hall–Kier alpha value is -2.46. The summed E-state index contributed by atoms with van der Waals surface area (Å²) in [7, 11) is 0. The van der Waals surface area contributed by atoms with E-state index in [1.165, 1.54) is 0 Å². The molecule has 2 rings (SSSR count). The lowest BCUT2D eigenvalue weighted by atomic mass is 10.2. The number of benzene rings is 1. The number of fused-ring (bicyclic) bond motifs is 1. The summed E-state index contributed by atoms with van der Waals surface area (Å²) in [6, 6.07) is 6.92. The van der Waals surface area contributed by atoms with Crippen LogP contribution in [0.3, 0.4) is 0 Å². The largest absolute Gasteiger partial charge is 0.543 e. The standard InChI is InChI=1S/C9H6N4O2/c10-13-12-7-5-3-1-2-4-6(5)11-8(7)9(14)15/h1-4,10H,(H,14,15). The first kappa shape index (κ1) is 9.11. The SMILES string of the molecule is N=[N+]=Nc1c(C(=O)[O-])[nH]c2ccccc12. The molecular formula is C9H6N4O2. The number of aromatic amines is 1. The van der Waals surface area contributed by atoms with Crippen molar-refractivity contribution in [3.05, 3.63) is 30.0 Å². The molecule has 0 unspecified atom stereocenters. The molecule has 6 nitrogen and oxygen atoms in total. The summed E-state index contributed by atoms with van der Waals surface area (Å²) in [6.07, 6.45) is 0. The summed E-state index contributed by atoms with van der Waals surface area (Å²) >= 11 is 0. The molecule has 1 aromatic carbocycles. The number of carbonyl (C=O) groups excluding carboxylic acids is 1. The topological polar surface area (TPSA) is 106 Å². The lowest BCUT2D eigenvalue weighted by Crippen LogP contribution is -2.22. The molecule has 74 valence electrons. The van der Waals surface area contributed by atoms with E-state index in [9.17, 15) is 9.90 Å². The van der Waals surface area contributed by atoms with Gasteiger partial charge in [-0.3, -0.25) is 0 Å². The van der Waals surface area contributed by atoms with Gasteiger partial charge in [0, 0.05) is 10.9 Å². The predicted octanol–water partition coefficient (Wildman–Crippen LogP) is 0.713. The van der Waals surface area contributed by atoms with Crippen LogP contribution < -0.4 is 10.0 Å². The van der Waals surface area contributed by atoms with Crippen LogP contribution >= 0.6 is 0 Å². The first-order chi connectivity index (χ1) is 7.24. The number of nitrogens with one attached hydrogen (secondary N) is 2. The molecule has 0 aliphatic carbocycles. The fourth-order valence-electron chi connectivity index (χ4n) is 1.43. The summed E-state index contributed by atoms with van der Waals surface area (Å²) < 4.78 is 0. The molecule has 6 heteroatoms. The van der Waals surface area contributed by atoms with Crippen LogP contribution in [0.15, 0.2) is 29.4 Å². The number of hydrogen-bond donors (Lipinski definition) is 2. The first-order valence-electron chi connectivity index (χ1n) is 4.13. The van der Waals surface area contributed by atoms with Crippen LogP contribution in [0, 0.1) is 5.53 Å². The summed E-state index contributed by atoms with van der Waals surface area (Å²) in [6.45, 7) is 0. The summed E-state index contributed by atoms with van der Waals surface area (Å²) in [5.41, 5.74) is 7.21. The van der Waals surface area contributed by atoms with Gasteiger partial charge < -0.3 is 14.9 Å². The van der Waals surface area contributed by atoms with E-state index >= 15 is 0 Å². The molecule has 2 N–H and O–H groups in total. The van der Waals surface area contributed by atoms with Crippen molar-refractivity contribution in [3.8, 4) is 0 Å². The number of para-hydroxylation sites is 1. The van der Waals surface area contributed by atoms with Crippen molar-refractivity contribution in [1.29, 1.82) is 5.53 Å². The van der Waals surface area contributed by atoms with Gasteiger partial charge in [0.15, 0.2) is 10.8 Å². The van der Waals surface area contributed by atoms with E-state index < -0.39 is 5.97 Å². The fraction of sp³-hybridized carbons (Fsp3) is 0. The third kappa shape index (κ3) is 1.38. The highest BCUT2D eigenvalue weighted by Gasteiger charge is 2.14. The minimum atomic E-state index is -1.37. The molecule has 0 saturated heterocycles. The van der Waals surface area contributed by atoms with Gasteiger partial charge in [-0.2, -0.15) is 0 Å². The molecule has 15 heavy (non-hydrogen) atoms. The normalized spacial score (nSPS) is 9.87. The minimum absolute atomic E-state index is 0.126. The lowest BCUT2D eigenvalue weighted by Gasteiger charge is -1.95. The van der Waals surface area contributed by atoms with Crippen molar-refractivity contribution in [1.82, 2.24) is 9.90 Å². The Morgan fingerprint density at radius 2 is 2.20 bits per heavy atom. The van der Waals surface area contributed by atoms with Gasteiger partial charge in [0.05, 0.1) is 11.7 Å². The zero-order chi connectivity index (χ0) is 10.8. The maximum absolute atomic E-state index is 10.8. The monoisotopic (exact) mass is 202 g/mol. The second-order valence-corrected chi connectivity index (χ2v) is 2.88. The first-order valence-corrected chi connectivity index (χ1v) is 4.13. The van der Waals surface area contributed by atoms with Gasteiger partial charge >= 0.3 is 0 Å². The number of aromatic nitrogens is 1. The average molecular weight is 202 g/mol. The van der Waals surface area contributed by atoms with Gasteiger partial charge in [0.2, 0.25) is 4.91 Å². The molecule has 0 atom stereocenters. The van der Waals surface area contributed by atoms with E-state index in [4.69, 9.17) is 5.53 Å². The van der Waals surface area contributed by atoms with Crippen molar-refractivity contribution in [2.75, 3.05) is 0 Å². The molecule has 0 radical (unpaired) electrons. The molecular weight excluding hydrogens is 196 g/mol. The molecule has 0 saturated carbocycles. The Morgan fingerprint density at radius 3 is 2.87 bits per heavy atom. The van der Waals surface area contributed by atoms with Crippen molar-refractivity contribution in [2.45, 2.75) is 0 Å². The Labute approximate surface area is 83.8 Å². The summed E-state index contributed by atoms with van der Waals surface area (Å²) in [5, 5.41) is 14.8. The quantitative estimate of drug-likeness (QED) is 0.552. The van der Waals surface area contributed by atoms with Crippen LogP contribution in [0.4, 0.5) is 5.69 Å². The molecule has 1 heterocycles. The van der Waals surface area contributed by atoms with Gasteiger partial charge in [-0.05, 0) is 6.07 Å². The minimum Gasteiger partial charge on any atom is -0.543 e. The highest BCUT2D eigenvalue weighted by molar-refractivity contribution is 6.03. The van der Waals surface area contributed by atoms with E-state index in [1.807, 2.05) is 0 Å². The molecule has 0 bridgehead atoms. The van der Waals surface area contributed by atoms with Crippen LogP contribution in [0.5, 0.6) is 0 Å². The van der Waals surface area contributed by atoms with Crippen molar-refractivity contribution >= 4 is 22.6 Å². The maximum atomic E-state index is 10.8. The number of carboxylic acid groups (broad SMARTS) is 1. The van der Waals surface area contributed by atoms with Gasteiger partial charge in [0.1, 0.15) is 5.53 Å². The molecule has 0 aliphatic heterocycles. The van der Waals surface area contributed by atoms with Crippen LogP contribution in [0.25, 0.3) is 10.9 Å². The molecule has 0 amide bonds. The Kier molecular flexibility index (Phi) is 2.04. The number of hydrogen-bond acceptors (Lipinski definition) is 4.